The molecule has 0 saturated heterocycles. The van der Waals surface area contributed by atoms with Gasteiger partial charge in [-0.05, 0) is 0 Å². The summed E-state index contributed by atoms with van der Waals surface area (Å²) in [4.78, 5) is 33.8. The minimum Gasteiger partial charge on any atom is -0.565 e. The summed E-state index contributed by atoms with van der Waals surface area (Å²) in [6, 6.07) is 0. The van der Waals surface area contributed by atoms with Crippen molar-refractivity contribution in [2.24, 2.45) is 0 Å². The van der Waals surface area contributed by atoms with Gasteiger partial charge in [0.05, 0.1) is 0 Å². The first-order valence-electron chi connectivity index (χ1n) is 2.53. The Labute approximate surface area is 118 Å². The third-order valence-corrected chi connectivity index (χ3v) is 0. The third kappa shape index (κ3) is 664. The molecule has 1 radical (unpaired) electrons. The molecule has 0 rings (SSSR count). The average Bonchev–Trinajstić information content (AvgIpc) is 1.76. The standard InChI is InChI=1S/4CH2O3.Cu.Ni/c4*2-1(3)4;;/h4*(H2,2,3,4);;/q;;;;2*+2/p-4. The van der Waals surface area contributed by atoms with Gasteiger partial charge >= 0.3 is 33.6 Å². The van der Waals surface area contributed by atoms with Gasteiger partial charge in [0.2, 0.25) is 24.6 Å². The Bertz CT molecular complexity index is 164. The number of carboxylic acid groups (broad SMARTS) is 8. The molecule has 12 nitrogen and oxygen atoms in total. The molecule has 0 aromatic rings. The van der Waals surface area contributed by atoms with Crippen LogP contribution in [0.4, 0.5) is 19.2 Å². The maximum Gasteiger partial charge on any atom is 2.00 e. The fraction of sp³-hybridized carbons (Fsp3) is 0. The van der Waals surface area contributed by atoms with E-state index in [0.29, 0.717) is 0 Å². The summed E-state index contributed by atoms with van der Waals surface area (Å²) in [5.41, 5.74) is 0. The smallest absolute Gasteiger partial charge is 0.565 e. The maximum atomic E-state index is 8.44. The Morgan fingerprint density at radius 3 is 0.556 bits per heavy atom. The second-order valence-electron chi connectivity index (χ2n) is 1.06. The Balaban J connectivity index is -0.0000000257. The van der Waals surface area contributed by atoms with Crippen LogP contribution in [-0.4, -0.2) is 45.0 Å². The molecular weight excluding hydrogens is 362 g/mol. The molecule has 0 spiro atoms. The van der Waals surface area contributed by atoms with E-state index in [1.807, 2.05) is 0 Å². The number of hydrogen-bond donors (Lipinski definition) is 4. The fourth-order valence-corrected chi connectivity index (χ4v) is 0. The van der Waals surface area contributed by atoms with Crippen LogP contribution in [0.2, 0.25) is 0 Å². The number of rotatable bonds is 0. The quantitative estimate of drug-likeness (QED) is 0.297. The molecule has 18 heavy (non-hydrogen) atoms. The number of carbonyl (C=O) groups is 4. The Kier molecular flexibility index (Phi) is 58.8. The normalized spacial score (nSPS) is 5.33. The van der Waals surface area contributed by atoms with Crippen LogP contribution in [-0.2, 0) is 33.6 Å². The van der Waals surface area contributed by atoms with Gasteiger partial charge in [0.1, 0.15) is 0 Å². The molecule has 4 N–H and O–H groups in total. The zero-order valence-electron chi connectivity index (χ0n) is 7.67. The van der Waals surface area contributed by atoms with Crippen molar-refractivity contribution < 1.29 is 93.6 Å². The van der Waals surface area contributed by atoms with E-state index in [4.69, 9.17) is 60.0 Å². The molecule has 113 valence electrons. The van der Waals surface area contributed by atoms with Gasteiger partial charge in [0.15, 0.2) is 0 Å². The van der Waals surface area contributed by atoms with E-state index < -0.39 is 24.6 Å². The number of hydrogen-bond acceptors (Lipinski definition) is 8. The van der Waals surface area contributed by atoms with Crippen molar-refractivity contribution in [3.05, 3.63) is 0 Å². The molecule has 0 unspecified atom stereocenters. The molecule has 14 heteroatoms. The first kappa shape index (κ1) is 36.0. The van der Waals surface area contributed by atoms with Crippen LogP contribution in [0, 0.1) is 0 Å². The molecular formula is C4H4CuNiO12. The monoisotopic (exact) mass is 365 g/mol. The summed E-state index contributed by atoms with van der Waals surface area (Å²) in [6.07, 6.45) is -8.33. The van der Waals surface area contributed by atoms with Crippen molar-refractivity contribution in [2.75, 3.05) is 0 Å². The van der Waals surface area contributed by atoms with E-state index >= 15 is 0 Å². The zero-order valence-corrected chi connectivity index (χ0v) is 9.60. The van der Waals surface area contributed by atoms with Crippen LogP contribution in [0.5, 0.6) is 0 Å². The van der Waals surface area contributed by atoms with Gasteiger partial charge in [0.25, 0.3) is 0 Å². The Hall–Kier alpha value is -1.91. The van der Waals surface area contributed by atoms with E-state index in [0.717, 1.165) is 0 Å². The SMILES string of the molecule is O=C([O-])O.O=C([O-])O.O=C([O-])O.O=C([O-])O.[Cu+2].[Ni+2]. The second-order valence-corrected chi connectivity index (χ2v) is 1.06. The summed E-state index contributed by atoms with van der Waals surface area (Å²) >= 11 is 0. The van der Waals surface area contributed by atoms with E-state index in [1.54, 1.807) is 0 Å². The summed E-state index contributed by atoms with van der Waals surface area (Å²) in [5, 5.41) is 61.2. The van der Waals surface area contributed by atoms with E-state index in [9.17, 15) is 0 Å². The van der Waals surface area contributed by atoms with Gasteiger partial charge in [-0.25, -0.2) is 0 Å². The molecule has 0 bridgehead atoms. The summed E-state index contributed by atoms with van der Waals surface area (Å²) in [6.45, 7) is 0. The molecule has 0 atom stereocenters. The van der Waals surface area contributed by atoms with Crippen LogP contribution < -0.4 is 20.4 Å². The predicted octanol–water partition coefficient (Wildman–Crippen LogP) is -4.45. The third-order valence-electron chi connectivity index (χ3n) is 0. The van der Waals surface area contributed by atoms with Crippen LogP contribution >= 0.6 is 0 Å². The van der Waals surface area contributed by atoms with Gasteiger partial charge in [-0.3, -0.25) is 0 Å². The van der Waals surface area contributed by atoms with Gasteiger partial charge in [-0.1, -0.05) is 0 Å². The molecule has 0 saturated carbocycles. The molecule has 0 heterocycles. The van der Waals surface area contributed by atoms with Crippen molar-refractivity contribution in [3.63, 3.8) is 0 Å². The van der Waals surface area contributed by atoms with E-state index in [1.165, 1.54) is 0 Å². The Morgan fingerprint density at radius 1 is 0.556 bits per heavy atom. The predicted molar refractivity (Wildman–Crippen MR) is 32.1 cm³/mol. The molecule has 0 amide bonds. The molecule has 0 aliphatic rings. The largest absolute Gasteiger partial charge is 2.00 e. The minimum absolute atomic E-state index is 0. The average molecular weight is 366 g/mol. The first-order chi connectivity index (χ1) is 6.93. The van der Waals surface area contributed by atoms with Crippen LogP contribution in [0.1, 0.15) is 0 Å². The summed E-state index contributed by atoms with van der Waals surface area (Å²) < 4.78 is 0. The molecule has 0 aromatic heterocycles. The van der Waals surface area contributed by atoms with Crippen molar-refractivity contribution in [1.82, 2.24) is 0 Å². The van der Waals surface area contributed by atoms with Crippen molar-refractivity contribution in [1.29, 1.82) is 0 Å². The van der Waals surface area contributed by atoms with Gasteiger partial charge < -0.3 is 60.0 Å². The van der Waals surface area contributed by atoms with Gasteiger partial charge in [0, 0.05) is 0 Å². The molecule has 0 fully saturated rings. The van der Waals surface area contributed by atoms with E-state index in [2.05, 4.69) is 0 Å². The summed E-state index contributed by atoms with van der Waals surface area (Å²) in [7, 11) is 0. The van der Waals surface area contributed by atoms with Crippen LogP contribution in [0.15, 0.2) is 0 Å². The van der Waals surface area contributed by atoms with Crippen LogP contribution in [0.25, 0.3) is 0 Å². The molecule has 0 aromatic carbocycles. The van der Waals surface area contributed by atoms with Crippen molar-refractivity contribution in [2.45, 2.75) is 0 Å². The van der Waals surface area contributed by atoms with E-state index in [-0.39, 0.29) is 33.6 Å². The van der Waals surface area contributed by atoms with Gasteiger partial charge in [-0.2, -0.15) is 0 Å². The first-order valence-corrected chi connectivity index (χ1v) is 2.53. The van der Waals surface area contributed by atoms with Crippen molar-refractivity contribution >= 4 is 24.6 Å². The minimum atomic E-state index is -2.08. The second kappa shape index (κ2) is 29.4. The summed E-state index contributed by atoms with van der Waals surface area (Å²) in [5.74, 6) is 0. The van der Waals surface area contributed by atoms with Crippen molar-refractivity contribution in [3.8, 4) is 0 Å². The topological polar surface area (TPSA) is 241 Å². The zero-order chi connectivity index (χ0) is 14.3. The molecule has 0 aliphatic carbocycles. The fourth-order valence-electron chi connectivity index (χ4n) is 0. The van der Waals surface area contributed by atoms with Gasteiger partial charge in [-0.15, -0.1) is 0 Å². The maximum absolute atomic E-state index is 8.44. The Morgan fingerprint density at radius 2 is 0.556 bits per heavy atom. The van der Waals surface area contributed by atoms with Crippen LogP contribution in [0.3, 0.4) is 0 Å². The molecule has 0 aliphatic heterocycles.